The first-order valence-electron chi connectivity index (χ1n) is 9.93. The van der Waals surface area contributed by atoms with Crippen LogP contribution in [-0.2, 0) is 4.79 Å². The van der Waals surface area contributed by atoms with E-state index in [4.69, 9.17) is 5.73 Å². The number of hydrogen-bond donors (Lipinski definition) is 2. The summed E-state index contributed by atoms with van der Waals surface area (Å²) in [6.07, 6.45) is 3.41. The number of carbonyl (C=O) groups is 2. The van der Waals surface area contributed by atoms with E-state index in [0.717, 1.165) is 31.5 Å². The number of piperidine rings is 1. The number of hydrogen-bond acceptors (Lipinski definition) is 4. The molecule has 7 heteroatoms. The Morgan fingerprint density at radius 1 is 1.14 bits per heavy atom. The van der Waals surface area contributed by atoms with Gasteiger partial charge in [-0.1, -0.05) is 0 Å². The van der Waals surface area contributed by atoms with Gasteiger partial charge in [-0.15, -0.1) is 0 Å². The molecule has 1 saturated heterocycles. The fourth-order valence-corrected chi connectivity index (χ4v) is 3.88. The number of anilines is 2. The van der Waals surface area contributed by atoms with Gasteiger partial charge in [-0.05, 0) is 24.3 Å². The molecule has 2 aromatic rings. The molecule has 0 aliphatic carbocycles. The predicted molar refractivity (Wildman–Crippen MR) is 117 cm³/mol. The summed E-state index contributed by atoms with van der Waals surface area (Å²) in [5.74, 6) is -0.0342. The third kappa shape index (κ3) is 5.84. The van der Waals surface area contributed by atoms with Crippen LogP contribution in [0.1, 0.15) is 36.0 Å². The van der Waals surface area contributed by atoms with E-state index in [2.05, 4.69) is 10.2 Å². The van der Waals surface area contributed by atoms with Gasteiger partial charge in [0.05, 0.1) is 0 Å². The molecule has 151 valence electrons. The van der Waals surface area contributed by atoms with Crippen LogP contribution < -0.4 is 20.3 Å². The summed E-state index contributed by atoms with van der Waals surface area (Å²) in [6, 6.07) is 14.9. The van der Waals surface area contributed by atoms with Crippen LogP contribution in [0.15, 0.2) is 48.5 Å². The van der Waals surface area contributed by atoms with E-state index in [1.54, 1.807) is 29.2 Å². The van der Waals surface area contributed by atoms with Gasteiger partial charge in [0.2, 0.25) is 0 Å². The van der Waals surface area contributed by atoms with Crippen LogP contribution in [-0.4, -0.2) is 59.5 Å². The Kier molecular flexibility index (Phi) is 7.33. The van der Waals surface area contributed by atoms with Crippen molar-refractivity contribution >= 4 is 44.1 Å². The average molecular weight is 452 g/mol. The number of nitrogen functional groups attached to an aromatic ring is 1. The molecule has 1 aliphatic heterocycles. The number of likely N-dealkylation sites (tertiary alicyclic amines) is 1. The van der Waals surface area contributed by atoms with Crippen molar-refractivity contribution < 1.29 is 9.59 Å². The number of nitrogens with one attached hydrogen (secondary N) is 1. The fourth-order valence-electron chi connectivity index (χ4n) is 3.53. The summed E-state index contributed by atoms with van der Waals surface area (Å²) in [5, 5.41) is 3.12. The molecule has 3 N–H and O–H groups in total. The molecule has 2 aromatic carbocycles. The SMILES string of the molecule is CN(C(=O)CCN1CCCCC1NC(=O)c1ccc(N)cc1)c1cc[c]([Ge])cc1. The molecule has 2 amide bonds. The van der Waals surface area contributed by atoms with E-state index in [0.29, 0.717) is 24.2 Å². The number of amides is 2. The first kappa shape index (κ1) is 21.4. The van der Waals surface area contributed by atoms with Crippen LogP contribution in [0.2, 0.25) is 0 Å². The molecule has 3 radical (unpaired) electrons. The van der Waals surface area contributed by atoms with Crippen molar-refractivity contribution in [3.05, 3.63) is 54.1 Å². The topological polar surface area (TPSA) is 78.7 Å². The third-order valence-electron chi connectivity index (χ3n) is 5.33. The first-order chi connectivity index (χ1) is 13.9. The zero-order valence-electron chi connectivity index (χ0n) is 16.7. The Hall–Kier alpha value is -2.32. The number of nitrogens with zero attached hydrogens (tertiary/aromatic N) is 2. The second-order valence-electron chi connectivity index (χ2n) is 7.39. The molecule has 1 heterocycles. The number of nitrogens with two attached hydrogens (primary N) is 1. The minimum absolute atomic E-state index is 0.0497. The summed E-state index contributed by atoms with van der Waals surface area (Å²) in [7, 11) is 1.81. The van der Waals surface area contributed by atoms with Gasteiger partial charge in [-0.25, -0.2) is 0 Å². The molecule has 0 spiro atoms. The molecule has 0 bridgehead atoms. The number of carbonyl (C=O) groups excluding carboxylic acids is 2. The quantitative estimate of drug-likeness (QED) is 0.517. The predicted octanol–water partition coefficient (Wildman–Crippen LogP) is 1.66. The third-order valence-corrected chi connectivity index (χ3v) is 6.03. The molecule has 0 aromatic heterocycles. The Morgan fingerprint density at radius 3 is 2.52 bits per heavy atom. The van der Waals surface area contributed by atoms with Gasteiger partial charge in [0, 0.05) is 11.3 Å². The van der Waals surface area contributed by atoms with Crippen LogP contribution in [0.3, 0.4) is 0 Å². The van der Waals surface area contributed by atoms with Gasteiger partial charge in [0.1, 0.15) is 0 Å². The van der Waals surface area contributed by atoms with Crippen LogP contribution in [0, 0.1) is 0 Å². The second kappa shape index (κ2) is 9.94. The van der Waals surface area contributed by atoms with Crippen molar-refractivity contribution in [3.8, 4) is 0 Å². The second-order valence-corrected chi connectivity index (χ2v) is 8.60. The zero-order chi connectivity index (χ0) is 20.8. The summed E-state index contributed by atoms with van der Waals surface area (Å²) >= 11 is 2.03. The molecule has 1 fully saturated rings. The van der Waals surface area contributed by atoms with E-state index in [1.807, 2.05) is 47.8 Å². The van der Waals surface area contributed by atoms with Gasteiger partial charge in [-0.3, -0.25) is 4.79 Å². The zero-order valence-corrected chi connectivity index (χ0v) is 18.8. The van der Waals surface area contributed by atoms with Crippen LogP contribution in [0.5, 0.6) is 0 Å². The van der Waals surface area contributed by atoms with Crippen molar-refractivity contribution in [1.82, 2.24) is 10.2 Å². The molecule has 6 nitrogen and oxygen atoms in total. The average Bonchev–Trinajstić information content (AvgIpc) is 2.73. The Balaban J connectivity index is 1.56. The molecular formula is C22H27GeN4O2. The number of benzene rings is 2. The van der Waals surface area contributed by atoms with E-state index in [9.17, 15) is 9.59 Å². The summed E-state index contributed by atoms with van der Waals surface area (Å²) < 4.78 is 1.17. The summed E-state index contributed by atoms with van der Waals surface area (Å²) in [6.45, 7) is 1.51. The molecular weight excluding hydrogens is 425 g/mol. The maximum absolute atomic E-state index is 12.7. The van der Waals surface area contributed by atoms with E-state index in [-0.39, 0.29) is 18.0 Å². The minimum atomic E-state index is -0.106. The molecule has 1 atom stereocenters. The van der Waals surface area contributed by atoms with Crippen molar-refractivity contribution in [3.63, 3.8) is 0 Å². The van der Waals surface area contributed by atoms with Crippen LogP contribution in [0.4, 0.5) is 11.4 Å². The van der Waals surface area contributed by atoms with E-state index in [1.165, 1.54) is 4.40 Å². The van der Waals surface area contributed by atoms with Gasteiger partial charge in [0.25, 0.3) is 0 Å². The van der Waals surface area contributed by atoms with Crippen LogP contribution >= 0.6 is 0 Å². The van der Waals surface area contributed by atoms with Gasteiger partial charge in [-0.2, -0.15) is 0 Å². The molecule has 1 aliphatic rings. The monoisotopic (exact) mass is 453 g/mol. The van der Waals surface area contributed by atoms with Crippen molar-refractivity contribution in [2.24, 2.45) is 0 Å². The summed E-state index contributed by atoms with van der Waals surface area (Å²) in [5.41, 5.74) is 7.83. The number of rotatable bonds is 6. The van der Waals surface area contributed by atoms with Crippen molar-refractivity contribution in [2.75, 3.05) is 30.8 Å². The molecule has 1 unspecified atom stereocenters. The Bertz CT molecular complexity index is 839. The first-order valence-corrected chi connectivity index (χ1v) is 11.0. The van der Waals surface area contributed by atoms with Crippen LogP contribution in [0.25, 0.3) is 0 Å². The van der Waals surface area contributed by atoms with Gasteiger partial charge >= 0.3 is 135 Å². The fraction of sp³-hybridized carbons (Fsp3) is 0.364. The maximum atomic E-state index is 12.7. The van der Waals surface area contributed by atoms with Crippen molar-refractivity contribution in [2.45, 2.75) is 31.8 Å². The van der Waals surface area contributed by atoms with E-state index >= 15 is 0 Å². The normalized spacial score (nSPS) is 17.0. The molecule has 0 saturated carbocycles. The standard InChI is InChI=1S/C22H27GeN4O2/c1-26(19-11-7-17(23)8-12-19)21(28)13-15-27-14-3-2-4-20(27)25-22(29)16-5-9-18(24)10-6-16/h5-12,20H,2-4,13-15,24H2,1H3,(H,25,29). The van der Waals surface area contributed by atoms with E-state index < -0.39 is 0 Å². The van der Waals surface area contributed by atoms with Crippen molar-refractivity contribution in [1.29, 1.82) is 0 Å². The summed E-state index contributed by atoms with van der Waals surface area (Å²) in [4.78, 5) is 29.1. The van der Waals surface area contributed by atoms with Gasteiger partial charge in [0.15, 0.2) is 0 Å². The van der Waals surface area contributed by atoms with Gasteiger partial charge < -0.3 is 5.73 Å². The molecule has 29 heavy (non-hydrogen) atoms. The Morgan fingerprint density at radius 2 is 1.83 bits per heavy atom. The molecule has 3 rings (SSSR count). The Labute approximate surface area is 180 Å².